The minimum absolute atomic E-state index is 0.0206. The Bertz CT molecular complexity index is 1310. The highest BCUT2D eigenvalue weighted by Crippen LogP contribution is 2.43. The molecule has 3 N–H and O–H groups in total. The molecule has 3 amide bonds. The van der Waals surface area contributed by atoms with E-state index in [0.717, 1.165) is 38.2 Å². The van der Waals surface area contributed by atoms with Crippen molar-refractivity contribution in [1.29, 1.82) is 0 Å². The number of methoxy groups -OCH3 is 1. The van der Waals surface area contributed by atoms with Crippen molar-refractivity contribution in [3.63, 3.8) is 0 Å². The number of esters is 1. The SMILES string of the molecule is COC(=O)[C@H](C[C@@H]1CCNC1=O)NC(=O)[C@H](CC1CCCCC1)NC(=O)O[C@H](c1ccccc1)C(F)(F)c1cccc(Cl)c1. The van der Waals surface area contributed by atoms with E-state index in [1.165, 1.54) is 37.4 Å². The summed E-state index contributed by atoms with van der Waals surface area (Å²) in [5, 5.41) is 7.93. The van der Waals surface area contributed by atoms with Gasteiger partial charge in [-0.3, -0.25) is 9.59 Å². The van der Waals surface area contributed by atoms with Gasteiger partial charge in [0.05, 0.1) is 7.11 Å². The molecule has 2 fully saturated rings. The summed E-state index contributed by atoms with van der Waals surface area (Å²) in [5.74, 6) is -5.73. The molecule has 1 aliphatic heterocycles. The van der Waals surface area contributed by atoms with E-state index in [1.807, 2.05) is 0 Å². The lowest BCUT2D eigenvalue weighted by Crippen LogP contribution is -2.53. The first-order valence-electron chi connectivity index (χ1n) is 14.9. The average molecular weight is 634 g/mol. The van der Waals surface area contributed by atoms with E-state index < -0.39 is 53.6 Å². The molecule has 9 nitrogen and oxygen atoms in total. The topological polar surface area (TPSA) is 123 Å². The molecular weight excluding hydrogens is 596 g/mol. The quantitative estimate of drug-likeness (QED) is 0.268. The van der Waals surface area contributed by atoms with Gasteiger partial charge in [-0.05, 0) is 42.9 Å². The van der Waals surface area contributed by atoms with Crippen LogP contribution in [-0.2, 0) is 29.8 Å². The first kappa shape index (κ1) is 33.2. The van der Waals surface area contributed by atoms with Gasteiger partial charge in [-0.25, -0.2) is 9.59 Å². The number of hydrogen-bond acceptors (Lipinski definition) is 6. The van der Waals surface area contributed by atoms with Crippen LogP contribution in [0.25, 0.3) is 0 Å². The normalized spacial score (nSPS) is 19.3. The van der Waals surface area contributed by atoms with Gasteiger partial charge < -0.3 is 25.4 Å². The van der Waals surface area contributed by atoms with Crippen molar-refractivity contribution < 1.29 is 37.4 Å². The summed E-state index contributed by atoms with van der Waals surface area (Å²) in [6.45, 7) is 0.464. The highest BCUT2D eigenvalue weighted by molar-refractivity contribution is 6.30. The Balaban J connectivity index is 1.55. The number of amides is 3. The zero-order chi connectivity index (χ0) is 31.7. The van der Waals surface area contributed by atoms with Crippen molar-refractivity contribution in [3.05, 3.63) is 70.7 Å². The van der Waals surface area contributed by atoms with Crippen LogP contribution in [0.1, 0.15) is 68.6 Å². The molecule has 12 heteroatoms. The van der Waals surface area contributed by atoms with Crippen molar-refractivity contribution in [2.45, 2.75) is 75.5 Å². The largest absolute Gasteiger partial charge is 0.467 e. The maximum atomic E-state index is 15.9. The zero-order valence-electron chi connectivity index (χ0n) is 24.5. The van der Waals surface area contributed by atoms with Crippen LogP contribution in [0.2, 0.25) is 5.02 Å². The molecule has 0 aromatic heterocycles. The Morgan fingerprint density at radius 3 is 2.34 bits per heavy atom. The molecule has 1 saturated carbocycles. The summed E-state index contributed by atoms with van der Waals surface area (Å²) in [5.41, 5.74) is -0.401. The van der Waals surface area contributed by atoms with E-state index in [4.69, 9.17) is 21.1 Å². The number of carbonyl (C=O) groups is 4. The van der Waals surface area contributed by atoms with E-state index in [0.29, 0.717) is 13.0 Å². The fraction of sp³-hybridized carbons (Fsp3) is 0.500. The zero-order valence-corrected chi connectivity index (χ0v) is 25.3. The number of rotatable bonds is 12. The third-order valence-corrected chi connectivity index (χ3v) is 8.49. The number of alkyl carbamates (subject to hydrolysis) is 1. The average Bonchev–Trinajstić information content (AvgIpc) is 3.43. The summed E-state index contributed by atoms with van der Waals surface area (Å²) in [7, 11) is 1.18. The highest BCUT2D eigenvalue weighted by atomic mass is 35.5. The smallest absolute Gasteiger partial charge is 0.408 e. The van der Waals surface area contributed by atoms with Crippen molar-refractivity contribution in [2.75, 3.05) is 13.7 Å². The van der Waals surface area contributed by atoms with E-state index in [-0.39, 0.29) is 35.3 Å². The number of benzene rings is 2. The first-order chi connectivity index (χ1) is 21.1. The number of hydrogen-bond donors (Lipinski definition) is 3. The van der Waals surface area contributed by atoms with Gasteiger partial charge in [-0.1, -0.05) is 86.2 Å². The lowest BCUT2D eigenvalue weighted by atomic mass is 9.84. The molecule has 2 aliphatic rings. The van der Waals surface area contributed by atoms with E-state index in [9.17, 15) is 19.2 Å². The molecule has 0 unspecified atom stereocenters. The Hall–Kier alpha value is -3.73. The van der Waals surface area contributed by atoms with Crippen LogP contribution in [-0.4, -0.2) is 49.6 Å². The molecular formula is C32H38ClF2N3O6. The number of carbonyl (C=O) groups excluding carboxylic acids is 4. The number of nitrogens with one attached hydrogen (secondary N) is 3. The van der Waals surface area contributed by atoms with Crippen LogP contribution in [0.4, 0.5) is 13.6 Å². The molecule has 0 spiro atoms. The second-order valence-corrected chi connectivity index (χ2v) is 11.8. The van der Waals surface area contributed by atoms with Crippen molar-refractivity contribution in [1.82, 2.24) is 16.0 Å². The van der Waals surface area contributed by atoms with Crippen LogP contribution >= 0.6 is 11.6 Å². The van der Waals surface area contributed by atoms with Crippen LogP contribution in [0.5, 0.6) is 0 Å². The summed E-state index contributed by atoms with van der Waals surface area (Å²) in [6, 6.07) is 10.4. The van der Waals surface area contributed by atoms with Gasteiger partial charge in [0.1, 0.15) is 12.1 Å². The Kier molecular flexibility index (Phi) is 11.5. The molecule has 1 heterocycles. The van der Waals surface area contributed by atoms with Crippen LogP contribution in [0.15, 0.2) is 54.6 Å². The van der Waals surface area contributed by atoms with Gasteiger partial charge in [0.15, 0.2) is 6.10 Å². The van der Waals surface area contributed by atoms with Gasteiger partial charge in [0.2, 0.25) is 11.8 Å². The maximum absolute atomic E-state index is 15.9. The maximum Gasteiger partial charge on any atom is 0.408 e. The minimum Gasteiger partial charge on any atom is -0.467 e. The second-order valence-electron chi connectivity index (χ2n) is 11.4. The van der Waals surface area contributed by atoms with E-state index >= 15 is 8.78 Å². The Morgan fingerprint density at radius 2 is 1.70 bits per heavy atom. The highest BCUT2D eigenvalue weighted by Gasteiger charge is 2.46. The van der Waals surface area contributed by atoms with E-state index in [1.54, 1.807) is 18.2 Å². The molecule has 4 rings (SSSR count). The van der Waals surface area contributed by atoms with Gasteiger partial charge in [0.25, 0.3) is 0 Å². The minimum atomic E-state index is -3.68. The van der Waals surface area contributed by atoms with Crippen LogP contribution in [0, 0.1) is 11.8 Å². The molecule has 1 aliphatic carbocycles. The van der Waals surface area contributed by atoms with Crippen molar-refractivity contribution >= 4 is 35.5 Å². The predicted octanol–water partition coefficient (Wildman–Crippen LogP) is 5.42. The Labute approximate surface area is 260 Å². The first-order valence-corrected chi connectivity index (χ1v) is 15.3. The number of alkyl halides is 2. The monoisotopic (exact) mass is 633 g/mol. The van der Waals surface area contributed by atoms with Gasteiger partial charge >= 0.3 is 18.0 Å². The summed E-state index contributed by atoms with van der Waals surface area (Å²) >= 11 is 5.99. The van der Waals surface area contributed by atoms with Gasteiger partial charge in [-0.15, -0.1) is 0 Å². The predicted molar refractivity (Wildman–Crippen MR) is 159 cm³/mol. The van der Waals surface area contributed by atoms with Crippen molar-refractivity contribution in [2.24, 2.45) is 11.8 Å². The molecule has 1 saturated heterocycles. The fourth-order valence-corrected chi connectivity index (χ4v) is 6.07. The van der Waals surface area contributed by atoms with Crippen molar-refractivity contribution in [3.8, 4) is 0 Å². The van der Waals surface area contributed by atoms with Crippen LogP contribution in [0.3, 0.4) is 0 Å². The third kappa shape index (κ3) is 8.68. The van der Waals surface area contributed by atoms with Gasteiger partial charge in [-0.2, -0.15) is 8.78 Å². The molecule has 0 radical (unpaired) electrons. The molecule has 238 valence electrons. The second kappa shape index (κ2) is 15.3. The summed E-state index contributed by atoms with van der Waals surface area (Å²) in [4.78, 5) is 51.6. The molecule has 0 bridgehead atoms. The number of halogens is 3. The molecule has 4 atom stereocenters. The molecule has 2 aromatic rings. The lowest BCUT2D eigenvalue weighted by Gasteiger charge is -2.30. The standard InChI is InChI=1S/C32H38ClF2N3O6/c1-43-30(41)26(18-22-15-16-36-28(22)39)37-29(40)25(17-20-9-4-2-5-10-20)38-31(42)44-27(21-11-6-3-7-12-21)32(34,35)23-13-8-14-24(33)19-23/h3,6-8,11-14,19-20,22,25-27H,2,4-5,9-10,15-18H2,1H3,(H,36,39)(H,37,40)(H,38,42)/t22-,25-,26-,27+/m0/s1. The van der Waals surface area contributed by atoms with E-state index in [2.05, 4.69) is 16.0 Å². The number of ether oxygens (including phenoxy) is 2. The molecule has 44 heavy (non-hydrogen) atoms. The van der Waals surface area contributed by atoms with Crippen LogP contribution < -0.4 is 16.0 Å². The Morgan fingerprint density at radius 1 is 0.977 bits per heavy atom. The summed E-state index contributed by atoms with van der Waals surface area (Å²) in [6.07, 6.45) is 2.15. The molecule has 2 aromatic carbocycles. The lowest BCUT2D eigenvalue weighted by molar-refractivity contribution is -0.146. The van der Waals surface area contributed by atoms with Gasteiger partial charge in [0, 0.05) is 23.0 Å². The fourth-order valence-electron chi connectivity index (χ4n) is 5.88. The summed E-state index contributed by atoms with van der Waals surface area (Å²) < 4.78 is 42.1. The third-order valence-electron chi connectivity index (χ3n) is 8.25.